The van der Waals surface area contributed by atoms with Crippen LogP contribution in [0, 0.1) is 0 Å². The Kier molecular flexibility index (Phi) is 3.93. The van der Waals surface area contributed by atoms with Gasteiger partial charge in [-0.3, -0.25) is 4.79 Å². The maximum Gasteiger partial charge on any atom is 0.263 e. The molecule has 0 spiro atoms. The minimum atomic E-state index is -0.0651. The molecule has 0 bridgehead atoms. The fourth-order valence-corrected chi connectivity index (χ4v) is 3.83. The van der Waals surface area contributed by atoms with E-state index in [1.807, 2.05) is 5.38 Å². The number of hydrogen-bond donors (Lipinski definition) is 1. The van der Waals surface area contributed by atoms with Crippen LogP contribution in [0.1, 0.15) is 35.4 Å². The van der Waals surface area contributed by atoms with Gasteiger partial charge in [0.2, 0.25) is 0 Å². The average molecular weight is 323 g/mol. The lowest BCUT2D eigenvalue weighted by atomic mass is 10.0. The molecular weight excluding hydrogens is 310 g/mol. The first-order valence-electron chi connectivity index (χ1n) is 5.28. The maximum atomic E-state index is 12.0. The van der Waals surface area contributed by atoms with Crippen molar-refractivity contribution in [2.75, 3.05) is 5.33 Å². The molecule has 1 aromatic heterocycles. The van der Waals surface area contributed by atoms with Gasteiger partial charge in [-0.05, 0) is 24.3 Å². The Balaban J connectivity index is 2.09. The second kappa shape index (κ2) is 5.07. The summed E-state index contributed by atoms with van der Waals surface area (Å²) in [6.07, 6.45) is 4.47. The summed E-state index contributed by atoms with van der Waals surface area (Å²) in [6, 6.07) is 1.76. The van der Waals surface area contributed by atoms with Gasteiger partial charge in [-0.2, -0.15) is 0 Å². The normalized spacial score (nSPS) is 18.6. The number of halogens is 2. The first-order valence-corrected chi connectivity index (χ1v) is 7.66. The quantitative estimate of drug-likeness (QED) is 0.842. The van der Waals surface area contributed by atoms with Crippen molar-refractivity contribution in [1.29, 1.82) is 0 Å². The van der Waals surface area contributed by atoms with E-state index in [1.165, 1.54) is 24.2 Å². The van der Waals surface area contributed by atoms with E-state index < -0.39 is 0 Å². The SMILES string of the molecule is O=C(NC1(CBr)CCCC1)c1sccc1Cl. The van der Waals surface area contributed by atoms with Crippen molar-refractivity contribution in [3.05, 3.63) is 21.3 Å². The van der Waals surface area contributed by atoms with E-state index >= 15 is 0 Å². The first-order chi connectivity index (χ1) is 7.67. The van der Waals surface area contributed by atoms with Gasteiger partial charge in [0.25, 0.3) is 5.91 Å². The molecule has 1 fully saturated rings. The zero-order valence-electron chi connectivity index (χ0n) is 8.76. The van der Waals surface area contributed by atoms with Gasteiger partial charge in [0, 0.05) is 5.33 Å². The number of carbonyl (C=O) groups is 1. The van der Waals surface area contributed by atoms with Crippen molar-refractivity contribution < 1.29 is 4.79 Å². The van der Waals surface area contributed by atoms with Crippen molar-refractivity contribution in [3.8, 4) is 0 Å². The second-order valence-corrected chi connectivity index (χ2v) is 6.06. The van der Waals surface area contributed by atoms with Crippen LogP contribution in [0.15, 0.2) is 11.4 Å². The number of amides is 1. The fourth-order valence-electron chi connectivity index (χ4n) is 2.10. The standard InChI is InChI=1S/C11H13BrClNOS/c12-7-11(4-1-2-5-11)14-10(15)9-8(13)3-6-16-9/h3,6H,1-2,4-5,7H2,(H,14,15). The van der Waals surface area contributed by atoms with Gasteiger partial charge in [-0.1, -0.05) is 40.4 Å². The molecule has 0 aliphatic heterocycles. The highest BCUT2D eigenvalue weighted by atomic mass is 79.9. The lowest BCUT2D eigenvalue weighted by molar-refractivity contribution is 0.0915. The summed E-state index contributed by atoms with van der Waals surface area (Å²) in [5, 5.41) is 6.33. The predicted molar refractivity (Wildman–Crippen MR) is 71.8 cm³/mol. The maximum absolute atomic E-state index is 12.0. The van der Waals surface area contributed by atoms with Crippen LogP contribution in [-0.2, 0) is 0 Å². The van der Waals surface area contributed by atoms with E-state index in [1.54, 1.807) is 6.07 Å². The Morgan fingerprint density at radius 1 is 1.56 bits per heavy atom. The molecule has 0 atom stereocenters. The van der Waals surface area contributed by atoms with Crippen molar-refractivity contribution >= 4 is 44.8 Å². The number of nitrogens with one attached hydrogen (secondary N) is 1. The minimum absolute atomic E-state index is 0.0404. The van der Waals surface area contributed by atoms with Gasteiger partial charge < -0.3 is 5.32 Å². The van der Waals surface area contributed by atoms with E-state index in [-0.39, 0.29) is 11.4 Å². The van der Waals surface area contributed by atoms with Crippen LogP contribution in [0.2, 0.25) is 5.02 Å². The average Bonchev–Trinajstić information content (AvgIpc) is 2.87. The molecule has 1 heterocycles. The van der Waals surface area contributed by atoms with Gasteiger partial charge in [0.1, 0.15) is 4.88 Å². The van der Waals surface area contributed by atoms with Crippen molar-refractivity contribution in [2.45, 2.75) is 31.2 Å². The minimum Gasteiger partial charge on any atom is -0.345 e. The smallest absolute Gasteiger partial charge is 0.263 e. The molecule has 0 radical (unpaired) electrons. The summed E-state index contributed by atoms with van der Waals surface area (Å²) in [5.41, 5.74) is -0.0651. The lowest BCUT2D eigenvalue weighted by Gasteiger charge is -2.27. The highest BCUT2D eigenvalue weighted by Gasteiger charge is 2.34. The van der Waals surface area contributed by atoms with Gasteiger partial charge in [-0.15, -0.1) is 11.3 Å². The number of rotatable bonds is 3. The van der Waals surface area contributed by atoms with Crippen LogP contribution in [0.3, 0.4) is 0 Å². The van der Waals surface area contributed by atoms with Crippen LogP contribution in [0.25, 0.3) is 0 Å². The molecule has 16 heavy (non-hydrogen) atoms. The highest BCUT2D eigenvalue weighted by Crippen LogP contribution is 2.32. The van der Waals surface area contributed by atoms with E-state index in [0.717, 1.165) is 18.2 Å². The Hall–Kier alpha value is -0.0600. The summed E-state index contributed by atoms with van der Waals surface area (Å²) in [7, 11) is 0. The van der Waals surface area contributed by atoms with Crippen LogP contribution >= 0.6 is 38.9 Å². The summed E-state index contributed by atoms with van der Waals surface area (Å²) in [5.74, 6) is -0.0404. The predicted octanol–water partition coefficient (Wildman–Crippen LogP) is 3.84. The van der Waals surface area contributed by atoms with Crippen LogP contribution in [0.5, 0.6) is 0 Å². The molecule has 1 aliphatic rings. The number of hydrogen-bond acceptors (Lipinski definition) is 2. The molecule has 88 valence electrons. The van der Waals surface area contributed by atoms with Crippen molar-refractivity contribution in [1.82, 2.24) is 5.32 Å². The number of carbonyl (C=O) groups excluding carboxylic acids is 1. The van der Waals surface area contributed by atoms with E-state index in [4.69, 9.17) is 11.6 Å². The molecule has 0 aromatic carbocycles. The zero-order chi connectivity index (χ0) is 11.6. The molecule has 1 amide bonds. The molecule has 2 rings (SSSR count). The lowest BCUT2D eigenvalue weighted by Crippen LogP contribution is -2.47. The number of thiophene rings is 1. The summed E-state index contributed by atoms with van der Waals surface area (Å²) < 4.78 is 0. The first kappa shape index (κ1) is 12.4. The Morgan fingerprint density at radius 2 is 2.25 bits per heavy atom. The van der Waals surface area contributed by atoms with Crippen molar-refractivity contribution in [2.24, 2.45) is 0 Å². The molecule has 2 nitrogen and oxygen atoms in total. The highest BCUT2D eigenvalue weighted by molar-refractivity contribution is 9.09. The van der Waals surface area contributed by atoms with Crippen LogP contribution in [0.4, 0.5) is 0 Å². The third kappa shape index (κ3) is 2.44. The largest absolute Gasteiger partial charge is 0.345 e. The zero-order valence-corrected chi connectivity index (χ0v) is 11.9. The van der Waals surface area contributed by atoms with Gasteiger partial charge >= 0.3 is 0 Å². The molecule has 0 unspecified atom stereocenters. The fraction of sp³-hybridized carbons (Fsp3) is 0.545. The molecule has 1 N–H and O–H groups in total. The molecular formula is C11H13BrClNOS. The van der Waals surface area contributed by atoms with Crippen molar-refractivity contribution in [3.63, 3.8) is 0 Å². The molecule has 0 saturated heterocycles. The molecule has 1 aliphatic carbocycles. The van der Waals surface area contributed by atoms with Gasteiger partial charge in [-0.25, -0.2) is 0 Å². The van der Waals surface area contributed by atoms with Crippen LogP contribution < -0.4 is 5.32 Å². The number of alkyl halides is 1. The van der Waals surface area contributed by atoms with E-state index in [2.05, 4.69) is 21.2 Å². The summed E-state index contributed by atoms with van der Waals surface area (Å²) in [4.78, 5) is 12.7. The summed E-state index contributed by atoms with van der Waals surface area (Å²) >= 11 is 10.8. The van der Waals surface area contributed by atoms with E-state index in [9.17, 15) is 4.79 Å². The van der Waals surface area contributed by atoms with E-state index in [0.29, 0.717) is 9.90 Å². The second-order valence-electron chi connectivity index (χ2n) is 4.17. The molecule has 1 saturated carbocycles. The van der Waals surface area contributed by atoms with Gasteiger partial charge in [0.05, 0.1) is 10.6 Å². The Morgan fingerprint density at radius 3 is 2.75 bits per heavy atom. The van der Waals surface area contributed by atoms with Gasteiger partial charge in [0.15, 0.2) is 0 Å². The Bertz CT molecular complexity index is 387. The topological polar surface area (TPSA) is 29.1 Å². The third-order valence-corrected chi connectivity index (χ3v) is 5.43. The molecule has 5 heteroatoms. The molecule has 1 aromatic rings. The summed E-state index contributed by atoms with van der Waals surface area (Å²) in [6.45, 7) is 0. The third-order valence-electron chi connectivity index (χ3n) is 3.02. The van der Waals surface area contributed by atoms with Crippen LogP contribution in [-0.4, -0.2) is 16.8 Å². The Labute approximate surface area is 113 Å². The monoisotopic (exact) mass is 321 g/mol.